The maximum Gasteiger partial charge on any atom is 0.0347 e. The zero-order valence-electron chi connectivity index (χ0n) is 7.96. The summed E-state index contributed by atoms with van der Waals surface area (Å²) in [6.45, 7) is 5.64. The lowest BCUT2D eigenvalue weighted by Gasteiger charge is -2.11. The number of nitrogens with two attached hydrogens (primary N) is 2. The molecule has 2 nitrogen and oxygen atoms in total. The highest BCUT2D eigenvalue weighted by Crippen LogP contribution is 2.19. The molecule has 0 saturated heterocycles. The summed E-state index contributed by atoms with van der Waals surface area (Å²) < 4.78 is 0. The zero-order chi connectivity index (χ0) is 9.84. The highest BCUT2D eigenvalue weighted by molar-refractivity contribution is 5.49. The van der Waals surface area contributed by atoms with Gasteiger partial charge in [0.2, 0.25) is 0 Å². The van der Waals surface area contributed by atoms with Gasteiger partial charge in [-0.2, -0.15) is 0 Å². The standard InChI is InChI=1S/C11H16N2/c1-3-4-10(12)9-6-5-8(2)11(13)7-9/h3,5-7,10H,1,4,12-13H2,2H3. The molecule has 13 heavy (non-hydrogen) atoms. The molecule has 1 rings (SSSR count). The van der Waals surface area contributed by atoms with Gasteiger partial charge >= 0.3 is 0 Å². The Morgan fingerprint density at radius 1 is 1.54 bits per heavy atom. The highest BCUT2D eigenvalue weighted by atomic mass is 14.6. The molecule has 1 unspecified atom stereocenters. The van der Waals surface area contributed by atoms with Crippen molar-refractivity contribution in [3.63, 3.8) is 0 Å². The van der Waals surface area contributed by atoms with E-state index < -0.39 is 0 Å². The van der Waals surface area contributed by atoms with Crippen molar-refractivity contribution in [1.29, 1.82) is 0 Å². The van der Waals surface area contributed by atoms with Crippen LogP contribution in [0, 0.1) is 6.92 Å². The Morgan fingerprint density at radius 3 is 2.77 bits per heavy atom. The number of benzene rings is 1. The summed E-state index contributed by atoms with van der Waals surface area (Å²) in [5.41, 5.74) is 14.6. The van der Waals surface area contributed by atoms with Gasteiger partial charge in [-0.15, -0.1) is 6.58 Å². The smallest absolute Gasteiger partial charge is 0.0347 e. The molecule has 70 valence electrons. The van der Waals surface area contributed by atoms with Crippen molar-refractivity contribution < 1.29 is 0 Å². The van der Waals surface area contributed by atoms with Gasteiger partial charge in [0, 0.05) is 11.7 Å². The van der Waals surface area contributed by atoms with Crippen molar-refractivity contribution in [2.75, 3.05) is 5.73 Å². The van der Waals surface area contributed by atoms with Gasteiger partial charge in [-0.3, -0.25) is 0 Å². The third-order valence-electron chi connectivity index (χ3n) is 2.15. The molecule has 0 aliphatic carbocycles. The Hall–Kier alpha value is -1.28. The van der Waals surface area contributed by atoms with E-state index in [2.05, 4.69) is 6.58 Å². The van der Waals surface area contributed by atoms with Crippen LogP contribution in [0.2, 0.25) is 0 Å². The van der Waals surface area contributed by atoms with Crippen molar-refractivity contribution in [3.05, 3.63) is 42.0 Å². The molecule has 0 fully saturated rings. The molecule has 0 heterocycles. The van der Waals surface area contributed by atoms with E-state index in [4.69, 9.17) is 11.5 Å². The van der Waals surface area contributed by atoms with Crippen LogP contribution < -0.4 is 11.5 Å². The SMILES string of the molecule is C=CCC(N)c1ccc(C)c(N)c1. The maximum absolute atomic E-state index is 5.90. The molecule has 0 spiro atoms. The third-order valence-corrected chi connectivity index (χ3v) is 2.15. The van der Waals surface area contributed by atoms with Crippen LogP contribution in [0.25, 0.3) is 0 Å². The molecule has 1 aromatic carbocycles. The first-order valence-corrected chi connectivity index (χ1v) is 4.37. The lowest BCUT2D eigenvalue weighted by molar-refractivity contribution is 0.742. The second-order valence-corrected chi connectivity index (χ2v) is 3.25. The summed E-state index contributed by atoms with van der Waals surface area (Å²) in [5, 5.41) is 0. The molecule has 2 heteroatoms. The van der Waals surface area contributed by atoms with E-state index in [1.54, 1.807) is 0 Å². The molecule has 4 N–H and O–H groups in total. The second-order valence-electron chi connectivity index (χ2n) is 3.25. The van der Waals surface area contributed by atoms with E-state index >= 15 is 0 Å². The fourth-order valence-corrected chi connectivity index (χ4v) is 1.21. The van der Waals surface area contributed by atoms with Gasteiger partial charge in [0.25, 0.3) is 0 Å². The predicted molar refractivity (Wildman–Crippen MR) is 57.3 cm³/mol. The first kappa shape index (κ1) is 9.81. The Bertz CT molecular complexity index is 305. The second kappa shape index (κ2) is 4.10. The number of nitrogen functional groups attached to an aromatic ring is 1. The summed E-state index contributed by atoms with van der Waals surface area (Å²) in [7, 11) is 0. The van der Waals surface area contributed by atoms with Crippen LogP contribution in [0.15, 0.2) is 30.9 Å². The van der Waals surface area contributed by atoms with E-state index in [-0.39, 0.29) is 6.04 Å². The molecule has 0 radical (unpaired) electrons. The molecular weight excluding hydrogens is 160 g/mol. The quantitative estimate of drug-likeness (QED) is 0.547. The lowest BCUT2D eigenvalue weighted by atomic mass is 10.0. The normalized spacial score (nSPS) is 12.5. The monoisotopic (exact) mass is 176 g/mol. The number of hydrogen-bond acceptors (Lipinski definition) is 2. The van der Waals surface area contributed by atoms with Gasteiger partial charge in [0.05, 0.1) is 0 Å². The largest absolute Gasteiger partial charge is 0.399 e. The van der Waals surface area contributed by atoms with Crippen LogP contribution in [-0.4, -0.2) is 0 Å². The minimum Gasteiger partial charge on any atom is -0.399 e. The average Bonchev–Trinajstić information content (AvgIpc) is 2.10. The van der Waals surface area contributed by atoms with Gasteiger partial charge in [0.1, 0.15) is 0 Å². The average molecular weight is 176 g/mol. The zero-order valence-corrected chi connectivity index (χ0v) is 7.96. The summed E-state index contributed by atoms with van der Waals surface area (Å²) in [6, 6.07) is 5.96. The van der Waals surface area contributed by atoms with Crippen LogP contribution in [-0.2, 0) is 0 Å². The van der Waals surface area contributed by atoms with Crippen molar-refractivity contribution >= 4 is 5.69 Å². The Morgan fingerprint density at radius 2 is 2.23 bits per heavy atom. The lowest BCUT2D eigenvalue weighted by Crippen LogP contribution is -2.09. The summed E-state index contributed by atoms with van der Waals surface area (Å²) >= 11 is 0. The van der Waals surface area contributed by atoms with Crippen LogP contribution in [0.5, 0.6) is 0 Å². The first-order valence-electron chi connectivity index (χ1n) is 4.37. The Balaban J connectivity index is 2.89. The first-order chi connectivity index (χ1) is 6.15. The van der Waals surface area contributed by atoms with E-state index in [1.165, 1.54) is 0 Å². The molecule has 1 atom stereocenters. The van der Waals surface area contributed by atoms with Gasteiger partial charge in [-0.25, -0.2) is 0 Å². The minimum absolute atomic E-state index is 0.0143. The molecule has 0 aliphatic heterocycles. The molecule has 0 aromatic heterocycles. The number of hydrogen-bond donors (Lipinski definition) is 2. The minimum atomic E-state index is 0.0143. The van der Waals surface area contributed by atoms with Gasteiger partial charge < -0.3 is 11.5 Å². The maximum atomic E-state index is 5.90. The highest BCUT2D eigenvalue weighted by Gasteiger charge is 2.04. The van der Waals surface area contributed by atoms with E-state index in [9.17, 15) is 0 Å². The molecular formula is C11H16N2. The van der Waals surface area contributed by atoms with E-state index in [0.717, 1.165) is 23.2 Å². The molecule has 0 aliphatic rings. The topological polar surface area (TPSA) is 52.0 Å². The van der Waals surface area contributed by atoms with Crippen molar-refractivity contribution in [3.8, 4) is 0 Å². The van der Waals surface area contributed by atoms with Gasteiger partial charge in [-0.1, -0.05) is 18.2 Å². The Labute approximate surface area is 79.2 Å². The summed E-state index contributed by atoms with van der Waals surface area (Å²) in [6.07, 6.45) is 2.60. The van der Waals surface area contributed by atoms with Crippen LogP contribution >= 0.6 is 0 Å². The van der Waals surface area contributed by atoms with E-state index in [1.807, 2.05) is 31.2 Å². The van der Waals surface area contributed by atoms with Gasteiger partial charge in [-0.05, 0) is 30.5 Å². The summed E-state index contributed by atoms with van der Waals surface area (Å²) in [4.78, 5) is 0. The van der Waals surface area contributed by atoms with E-state index in [0.29, 0.717) is 0 Å². The molecule has 0 amide bonds. The molecule has 1 aromatic rings. The molecule has 0 saturated carbocycles. The number of rotatable bonds is 3. The van der Waals surface area contributed by atoms with Crippen LogP contribution in [0.4, 0.5) is 5.69 Å². The van der Waals surface area contributed by atoms with Crippen molar-refractivity contribution in [1.82, 2.24) is 0 Å². The number of anilines is 1. The van der Waals surface area contributed by atoms with Crippen LogP contribution in [0.3, 0.4) is 0 Å². The van der Waals surface area contributed by atoms with Crippen molar-refractivity contribution in [2.24, 2.45) is 5.73 Å². The van der Waals surface area contributed by atoms with Crippen LogP contribution in [0.1, 0.15) is 23.6 Å². The molecule has 0 bridgehead atoms. The fourth-order valence-electron chi connectivity index (χ4n) is 1.21. The van der Waals surface area contributed by atoms with Crippen molar-refractivity contribution in [2.45, 2.75) is 19.4 Å². The Kier molecular flexibility index (Phi) is 3.09. The van der Waals surface area contributed by atoms with Gasteiger partial charge in [0.15, 0.2) is 0 Å². The summed E-state index contributed by atoms with van der Waals surface area (Å²) in [5.74, 6) is 0. The number of aryl methyl sites for hydroxylation is 1. The predicted octanol–water partition coefficient (Wildman–Crippen LogP) is 2.15. The fraction of sp³-hybridized carbons (Fsp3) is 0.273. The third kappa shape index (κ3) is 2.33.